The van der Waals surface area contributed by atoms with Crippen LogP contribution in [0.5, 0.6) is 0 Å². The molecule has 2 atom stereocenters. The Morgan fingerprint density at radius 3 is 2.95 bits per heavy atom. The van der Waals surface area contributed by atoms with E-state index in [0.717, 1.165) is 45.1 Å². The highest BCUT2D eigenvalue weighted by Gasteiger charge is 2.50. The first-order valence-corrected chi connectivity index (χ1v) is 7.73. The smallest absolute Gasteiger partial charge is 0.226 e. The molecule has 21 heavy (non-hydrogen) atoms. The second kappa shape index (κ2) is 4.85. The zero-order valence-electron chi connectivity index (χ0n) is 11.9. The number of nitrogens with one attached hydrogen (secondary N) is 1. The standard InChI is InChI=1S/C13H19N7O/c21-12(9-4-5-13(8-9)16-17-13)20-6-2-1-3-10(20)7-11-14-18-19-15-11/h9-10H,1-8H2,(H,14,15,18,19). The van der Waals surface area contributed by atoms with Crippen molar-refractivity contribution in [3.63, 3.8) is 0 Å². The van der Waals surface area contributed by atoms with Crippen LogP contribution in [0.2, 0.25) is 0 Å². The topological polar surface area (TPSA) is 99.5 Å². The highest BCUT2D eigenvalue weighted by atomic mass is 16.2. The van der Waals surface area contributed by atoms with Crippen LogP contribution in [-0.4, -0.2) is 49.7 Å². The van der Waals surface area contributed by atoms with Crippen molar-refractivity contribution >= 4 is 5.91 Å². The number of amides is 1. The zero-order valence-corrected chi connectivity index (χ0v) is 11.9. The van der Waals surface area contributed by atoms with E-state index in [-0.39, 0.29) is 23.5 Å². The molecule has 112 valence electrons. The maximum absolute atomic E-state index is 12.8. The van der Waals surface area contributed by atoms with Gasteiger partial charge in [0.05, 0.1) is 0 Å². The Hall–Kier alpha value is -1.86. The maximum atomic E-state index is 12.8. The fourth-order valence-electron chi connectivity index (χ4n) is 3.68. The Morgan fingerprint density at radius 2 is 2.24 bits per heavy atom. The average Bonchev–Trinajstić information content (AvgIpc) is 2.89. The van der Waals surface area contributed by atoms with Crippen LogP contribution in [-0.2, 0) is 11.2 Å². The molecular weight excluding hydrogens is 270 g/mol. The Balaban J connectivity index is 1.44. The van der Waals surface area contributed by atoms with Gasteiger partial charge < -0.3 is 4.90 Å². The van der Waals surface area contributed by atoms with E-state index >= 15 is 0 Å². The number of nitrogens with zero attached hydrogens (tertiary/aromatic N) is 6. The molecule has 3 aliphatic rings. The highest BCUT2D eigenvalue weighted by Crippen LogP contribution is 2.47. The van der Waals surface area contributed by atoms with Crippen LogP contribution in [0.25, 0.3) is 0 Å². The molecule has 8 heteroatoms. The molecule has 1 aromatic heterocycles. The van der Waals surface area contributed by atoms with E-state index in [1.54, 1.807) is 0 Å². The van der Waals surface area contributed by atoms with Crippen molar-refractivity contribution < 1.29 is 4.79 Å². The summed E-state index contributed by atoms with van der Waals surface area (Å²) >= 11 is 0. The van der Waals surface area contributed by atoms with Crippen LogP contribution >= 0.6 is 0 Å². The molecule has 1 aliphatic carbocycles. The summed E-state index contributed by atoms with van der Waals surface area (Å²) in [5.41, 5.74) is -0.181. The van der Waals surface area contributed by atoms with Gasteiger partial charge in [-0.15, -0.1) is 10.2 Å². The van der Waals surface area contributed by atoms with Gasteiger partial charge in [-0.25, -0.2) is 0 Å². The van der Waals surface area contributed by atoms with Gasteiger partial charge in [-0.3, -0.25) is 4.79 Å². The van der Waals surface area contributed by atoms with E-state index in [0.29, 0.717) is 12.2 Å². The lowest BCUT2D eigenvalue weighted by molar-refractivity contribution is -0.139. The van der Waals surface area contributed by atoms with Gasteiger partial charge in [0.15, 0.2) is 11.5 Å². The van der Waals surface area contributed by atoms with Crippen molar-refractivity contribution in [2.75, 3.05) is 6.54 Å². The summed E-state index contributed by atoms with van der Waals surface area (Å²) in [4.78, 5) is 14.9. The van der Waals surface area contributed by atoms with E-state index in [9.17, 15) is 4.79 Å². The number of H-pyrrole nitrogens is 1. The normalized spacial score (nSPS) is 30.0. The van der Waals surface area contributed by atoms with Crippen LogP contribution in [0.4, 0.5) is 0 Å². The van der Waals surface area contributed by atoms with Gasteiger partial charge in [-0.2, -0.15) is 15.4 Å². The van der Waals surface area contributed by atoms with E-state index in [4.69, 9.17) is 0 Å². The summed E-state index contributed by atoms with van der Waals surface area (Å²) in [5.74, 6) is 1.05. The molecular formula is C13H19N7O. The highest BCUT2D eigenvalue weighted by molar-refractivity contribution is 5.80. The van der Waals surface area contributed by atoms with Crippen molar-refractivity contribution in [3.8, 4) is 0 Å². The van der Waals surface area contributed by atoms with Crippen LogP contribution < -0.4 is 0 Å². The largest absolute Gasteiger partial charge is 0.339 e. The summed E-state index contributed by atoms with van der Waals surface area (Å²) in [6.45, 7) is 0.846. The second-order valence-corrected chi connectivity index (χ2v) is 6.34. The predicted octanol–water partition coefficient (Wildman–Crippen LogP) is 1.09. The monoisotopic (exact) mass is 289 g/mol. The van der Waals surface area contributed by atoms with Crippen molar-refractivity contribution in [2.45, 2.75) is 56.7 Å². The minimum atomic E-state index is -0.181. The fraction of sp³-hybridized carbons (Fsp3) is 0.846. The first kappa shape index (κ1) is 12.8. The van der Waals surface area contributed by atoms with Gasteiger partial charge in [0.1, 0.15) is 0 Å². The Bertz CT molecular complexity index is 549. The van der Waals surface area contributed by atoms with Crippen molar-refractivity contribution in [1.82, 2.24) is 25.5 Å². The summed E-state index contributed by atoms with van der Waals surface area (Å²) in [6, 6.07) is 0.202. The molecule has 1 aromatic rings. The van der Waals surface area contributed by atoms with Gasteiger partial charge in [0.2, 0.25) is 5.91 Å². The lowest BCUT2D eigenvalue weighted by Crippen LogP contribution is -2.47. The molecule has 1 saturated heterocycles. The van der Waals surface area contributed by atoms with E-state index < -0.39 is 0 Å². The summed E-state index contributed by atoms with van der Waals surface area (Å²) in [6.07, 6.45) is 6.61. The number of rotatable bonds is 3. The van der Waals surface area contributed by atoms with Gasteiger partial charge in [-0.1, -0.05) is 5.21 Å². The molecule has 0 bridgehead atoms. The van der Waals surface area contributed by atoms with Crippen LogP contribution in [0.3, 0.4) is 0 Å². The minimum absolute atomic E-state index is 0.0888. The molecule has 0 radical (unpaired) electrons. The Morgan fingerprint density at radius 1 is 1.33 bits per heavy atom. The third kappa shape index (κ3) is 2.43. The predicted molar refractivity (Wildman–Crippen MR) is 72.2 cm³/mol. The molecule has 1 spiro atoms. The molecule has 3 heterocycles. The molecule has 1 saturated carbocycles. The van der Waals surface area contributed by atoms with Gasteiger partial charge in [-0.05, 0) is 32.1 Å². The van der Waals surface area contributed by atoms with E-state index in [1.165, 1.54) is 0 Å². The first-order valence-electron chi connectivity index (χ1n) is 7.73. The molecule has 4 rings (SSSR count). The molecule has 1 N–H and O–H groups in total. The van der Waals surface area contributed by atoms with E-state index in [1.807, 2.05) is 4.90 Å². The number of hydrogen-bond acceptors (Lipinski definition) is 6. The third-order valence-electron chi connectivity index (χ3n) is 4.92. The number of aromatic amines is 1. The second-order valence-electron chi connectivity index (χ2n) is 6.34. The molecule has 2 unspecified atom stereocenters. The Kier molecular flexibility index (Phi) is 2.97. The van der Waals surface area contributed by atoms with Crippen molar-refractivity contribution in [1.29, 1.82) is 0 Å². The fourth-order valence-corrected chi connectivity index (χ4v) is 3.68. The number of likely N-dealkylation sites (tertiary alicyclic amines) is 1. The van der Waals surface area contributed by atoms with Gasteiger partial charge in [0.25, 0.3) is 0 Å². The first-order chi connectivity index (χ1) is 10.3. The van der Waals surface area contributed by atoms with Crippen LogP contribution in [0.15, 0.2) is 10.2 Å². The molecule has 1 amide bonds. The summed E-state index contributed by atoms with van der Waals surface area (Å²) in [7, 11) is 0. The molecule has 0 aromatic carbocycles. The summed E-state index contributed by atoms with van der Waals surface area (Å²) in [5, 5.41) is 22.3. The van der Waals surface area contributed by atoms with Crippen molar-refractivity contribution in [3.05, 3.63) is 5.82 Å². The average molecular weight is 289 g/mol. The van der Waals surface area contributed by atoms with Crippen molar-refractivity contribution in [2.24, 2.45) is 16.1 Å². The SMILES string of the molecule is O=C(C1CCC2(C1)N=N2)N1CCCCC1Cc1nn[nH]n1. The maximum Gasteiger partial charge on any atom is 0.226 e. The lowest BCUT2D eigenvalue weighted by Gasteiger charge is -2.36. The number of carbonyl (C=O) groups excluding carboxylic acids is 1. The molecule has 2 fully saturated rings. The van der Waals surface area contributed by atoms with Crippen LogP contribution in [0.1, 0.15) is 44.3 Å². The Labute approximate surface area is 122 Å². The molecule has 2 aliphatic heterocycles. The van der Waals surface area contributed by atoms with Gasteiger partial charge >= 0.3 is 0 Å². The zero-order chi connectivity index (χ0) is 14.3. The minimum Gasteiger partial charge on any atom is -0.339 e. The number of tetrazole rings is 1. The van der Waals surface area contributed by atoms with Crippen LogP contribution in [0, 0.1) is 5.92 Å². The third-order valence-corrected chi connectivity index (χ3v) is 4.92. The molecule has 8 nitrogen and oxygen atoms in total. The number of hydrogen-bond donors (Lipinski definition) is 1. The number of piperidine rings is 1. The summed E-state index contributed by atoms with van der Waals surface area (Å²) < 4.78 is 0. The number of carbonyl (C=O) groups is 1. The number of aromatic nitrogens is 4. The van der Waals surface area contributed by atoms with Gasteiger partial charge in [0, 0.05) is 31.3 Å². The van der Waals surface area contributed by atoms with E-state index in [2.05, 4.69) is 30.9 Å². The lowest BCUT2D eigenvalue weighted by atomic mass is 9.96. The quantitative estimate of drug-likeness (QED) is 0.900.